The summed E-state index contributed by atoms with van der Waals surface area (Å²) >= 11 is 0. The molecule has 0 aromatic heterocycles. The summed E-state index contributed by atoms with van der Waals surface area (Å²) in [6.45, 7) is 7.18. The zero-order chi connectivity index (χ0) is 12.1. The molecule has 0 saturated carbocycles. The third-order valence-electron chi connectivity index (χ3n) is 3.15. The minimum atomic E-state index is -0.202. The van der Waals surface area contributed by atoms with E-state index in [-0.39, 0.29) is 12.0 Å². The van der Waals surface area contributed by atoms with Gasteiger partial charge in [0.25, 0.3) is 0 Å². The summed E-state index contributed by atoms with van der Waals surface area (Å²) in [5.74, 6) is 1.12. The van der Waals surface area contributed by atoms with Crippen molar-refractivity contribution in [3.8, 4) is 0 Å². The number of carbonyl (C=O) groups is 1. The van der Waals surface area contributed by atoms with Crippen LogP contribution in [0.2, 0.25) is 0 Å². The first-order valence-electron chi connectivity index (χ1n) is 6.01. The van der Waals surface area contributed by atoms with Crippen molar-refractivity contribution in [1.82, 2.24) is 5.32 Å². The van der Waals surface area contributed by atoms with E-state index in [0.717, 1.165) is 13.0 Å². The van der Waals surface area contributed by atoms with Crippen LogP contribution in [0, 0.1) is 11.8 Å². The Morgan fingerprint density at radius 2 is 2.38 bits per heavy atom. The van der Waals surface area contributed by atoms with Crippen molar-refractivity contribution >= 4 is 5.97 Å². The predicted molar refractivity (Wildman–Crippen MR) is 65.1 cm³/mol. The van der Waals surface area contributed by atoms with Crippen molar-refractivity contribution < 1.29 is 9.53 Å². The average Bonchev–Trinajstić information content (AvgIpc) is 2.23. The molecule has 0 aromatic carbocycles. The molecule has 0 heterocycles. The van der Waals surface area contributed by atoms with Crippen LogP contribution in [0.15, 0.2) is 11.6 Å². The van der Waals surface area contributed by atoms with E-state index in [2.05, 4.69) is 30.0 Å². The number of rotatable bonds is 4. The minimum Gasteiger partial charge on any atom is -0.468 e. The Kier molecular flexibility index (Phi) is 5.00. The van der Waals surface area contributed by atoms with Crippen LogP contribution in [0.5, 0.6) is 0 Å². The molecule has 92 valence electrons. The van der Waals surface area contributed by atoms with Gasteiger partial charge >= 0.3 is 5.97 Å². The molecule has 1 aliphatic carbocycles. The highest BCUT2D eigenvalue weighted by Gasteiger charge is 2.20. The first kappa shape index (κ1) is 13.2. The molecule has 1 N–H and O–H groups in total. The number of hydrogen-bond acceptors (Lipinski definition) is 3. The van der Waals surface area contributed by atoms with E-state index in [1.54, 1.807) is 0 Å². The molecule has 16 heavy (non-hydrogen) atoms. The highest BCUT2D eigenvalue weighted by atomic mass is 16.5. The summed E-state index contributed by atoms with van der Waals surface area (Å²) in [4.78, 5) is 11.2. The molecule has 0 saturated heterocycles. The number of carbonyl (C=O) groups excluding carboxylic acids is 1. The number of methoxy groups -OCH3 is 1. The van der Waals surface area contributed by atoms with E-state index in [9.17, 15) is 4.79 Å². The minimum absolute atomic E-state index is 0.184. The summed E-state index contributed by atoms with van der Waals surface area (Å²) in [5.41, 5.74) is 1.47. The Morgan fingerprint density at radius 3 is 2.94 bits per heavy atom. The zero-order valence-corrected chi connectivity index (χ0v) is 10.7. The fourth-order valence-corrected chi connectivity index (χ4v) is 2.45. The van der Waals surface area contributed by atoms with Crippen LogP contribution in [0.25, 0.3) is 0 Å². The van der Waals surface area contributed by atoms with Crippen molar-refractivity contribution in [1.29, 1.82) is 0 Å². The molecule has 0 bridgehead atoms. The van der Waals surface area contributed by atoms with Crippen LogP contribution in [-0.2, 0) is 9.53 Å². The van der Waals surface area contributed by atoms with Gasteiger partial charge in [-0.15, -0.1) is 0 Å². The predicted octanol–water partition coefficient (Wildman–Crippen LogP) is 2.13. The molecule has 0 spiro atoms. The second kappa shape index (κ2) is 6.04. The van der Waals surface area contributed by atoms with Gasteiger partial charge in [0.1, 0.15) is 6.04 Å². The fraction of sp³-hybridized carbons (Fsp3) is 0.769. The fourth-order valence-electron chi connectivity index (χ4n) is 2.45. The van der Waals surface area contributed by atoms with Crippen molar-refractivity contribution in [2.75, 3.05) is 13.7 Å². The quantitative estimate of drug-likeness (QED) is 0.588. The maximum absolute atomic E-state index is 11.2. The largest absolute Gasteiger partial charge is 0.468 e. The summed E-state index contributed by atoms with van der Waals surface area (Å²) in [5, 5.41) is 3.24. The third kappa shape index (κ3) is 3.97. The topological polar surface area (TPSA) is 38.3 Å². The Labute approximate surface area is 98.2 Å². The smallest absolute Gasteiger partial charge is 0.322 e. The van der Waals surface area contributed by atoms with Gasteiger partial charge in [0.2, 0.25) is 0 Å². The number of hydrogen-bond donors (Lipinski definition) is 1. The Bertz CT molecular complexity index is 273. The van der Waals surface area contributed by atoms with Gasteiger partial charge in [-0.3, -0.25) is 4.79 Å². The lowest BCUT2D eigenvalue weighted by atomic mass is 9.83. The van der Waals surface area contributed by atoms with E-state index >= 15 is 0 Å². The molecule has 0 radical (unpaired) electrons. The lowest BCUT2D eigenvalue weighted by Gasteiger charge is -2.26. The van der Waals surface area contributed by atoms with Crippen LogP contribution in [0.1, 0.15) is 33.6 Å². The average molecular weight is 225 g/mol. The molecule has 0 aromatic rings. The Balaban J connectivity index is 2.34. The summed E-state index contributed by atoms with van der Waals surface area (Å²) in [6, 6.07) is -0.202. The molecule has 3 nitrogen and oxygen atoms in total. The van der Waals surface area contributed by atoms with E-state index in [0.29, 0.717) is 11.8 Å². The van der Waals surface area contributed by atoms with Crippen LogP contribution >= 0.6 is 0 Å². The molecule has 0 amide bonds. The van der Waals surface area contributed by atoms with Gasteiger partial charge in [-0.1, -0.05) is 18.6 Å². The lowest BCUT2D eigenvalue weighted by molar-refractivity contribution is -0.142. The van der Waals surface area contributed by atoms with Gasteiger partial charge in [-0.05, 0) is 45.1 Å². The number of nitrogens with one attached hydrogen (secondary N) is 1. The first-order chi connectivity index (χ1) is 7.52. The Hall–Kier alpha value is -0.830. The number of esters is 1. The third-order valence-corrected chi connectivity index (χ3v) is 3.15. The lowest BCUT2D eigenvalue weighted by Crippen LogP contribution is -2.38. The highest BCUT2D eigenvalue weighted by Crippen LogP contribution is 2.27. The molecule has 0 fully saturated rings. The maximum atomic E-state index is 11.2. The molecule has 2 unspecified atom stereocenters. The summed E-state index contributed by atoms with van der Waals surface area (Å²) < 4.78 is 4.68. The van der Waals surface area contributed by atoms with Crippen LogP contribution in [-0.4, -0.2) is 25.7 Å². The highest BCUT2D eigenvalue weighted by molar-refractivity contribution is 5.75. The van der Waals surface area contributed by atoms with Gasteiger partial charge < -0.3 is 10.1 Å². The molecular weight excluding hydrogens is 202 g/mol. The standard InChI is InChI=1S/C13H23NO2/c1-9-5-10(2)7-12(6-9)8-14-11(3)13(15)16-4/h5,9,11-12,14H,6-8H2,1-4H3/t9?,11-,12?/m0/s1. The van der Waals surface area contributed by atoms with Crippen LogP contribution in [0.3, 0.4) is 0 Å². The Morgan fingerprint density at radius 1 is 1.69 bits per heavy atom. The van der Waals surface area contributed by atoms with Crippen molar-refractivity contribution in [2.45, 2.75) is 39.7 Å². The van der Waals surface area contributed by atoms with Crippen molar-refractivity contribution in [2.24, 2.45) is 11.8 Å². The van der Waals surface area contributed by atoms with Crippen LogP contribution in [0.4, 0.5) is 0 Å². The number of allylic oxidation sites excluding steroid dienone is 2. The first-order valence-corrected chi connectivity index (χ1v) is 6.01. The summed E-state index contributed by atoms with van der Waals surface area (Å²) in [6.07, 6.45) is 4.70. The normalized spacial score (nSPS) is 27.1. The second-order valence-electron chi connectivity index (χ2n) is 4.95. The van der Waals surface area contributed by atoms with E-state index < -0.39 is 0 Å². The van der Waals surface area contributed by atoms with E-state index in [1.165, 1.54) is 19.1 Å². The zero-order valence-electron chi connectivity index (χ0n) is 10.7. The van der Waals surface area contributed by atoms with Gasteiger partial charge in [-0.2, -0.15) is 0 Å². The van der Waals surface area contributed by atoms with Crippen LogP contribution < -0.4 is 5.32 Å². The van der Waals surface area contributed by atoms with Gasteiger partial charge in [0.15, 0.2) is 0 Å². The molecule has 3 heteroatoms. The van der Waals surface area contributed by atoms with Crippen molar-refractivity contribution in [3.05, 3.63) is 11.6 Å². The number of ether oxygens (including phenoxy) is 1. The van der Waals surface area contributed by atoms with E-state index in [4.69, 9.17) is 0 Å². The molecule has 3 atom stereocenters. The molecule has 1 aliphatic rings. The maximum Gasteiger partial charge on any atom is 0.322 e. The van der Waals surface area contributed by atoms with E-state index in [1.807, 2.05) is 6.92 Å². The SMILES string of the molecule is COC(=O)[C@H](C)NCC1CC(C)=CC(C)C1. The molecular formula is C13H23NO2. The van der Waals surface area contributed by atoms with Gasteiger partial charge in [0, 0.05) is 0 Å². The molecule has 0 aliphatic heterocycles. The second-order valence-corrected chi connectivity index (χ2v) is 4.95. The summed E-state index contributed by atoms with van der Waals surface area (Å²) in [7, 11) is 1.43. The van der Waals surface area contributed by atoms with Gasteiger partial charge in [-0.25, -0.2) is 0 Å². The van der Waals surface area contributed by atoms with Gasteiger partial charge in [0.05, 0.1) is 7.11 Å². The molecule has 1 rings (SSSR count). The monoisotopic (exact) mass is 225 g/mol. The van der Waals surface area contributed by atoms with Crippen molar-refractivity contribution in [3.63, 3.8) is 0 Å².